The lowest BCUT2D eigenvalue weighted by atomic mass is 9.93. The summed E-state index contributed by atoms with van der Waals surface area (Å²) >= 11 is 0. The van der Waals surface area contributed by atoms with E-state index in [2.05, 4.69) is 5.32 Å². The van der Waals surface area contributed by atoms with Gasteiger partial charge in [-0.05, 0) is 20.3 Å². The Morgan fingerprint density at radius 3 is 2.43 bits per heavy atom. The van der Waals surface area contributed by atoms with Crippen LogP contribution >= 0.6 is 0 Å². The molecule has 0 bridgehead atoms. The quantitative estimate of drug-likeness (QED) is 0.621. The molecule has 1 heterocycles. The van der Waals surface area contributed by atoms with Gasteiger partial charge in [-0.3, -0.25) is 14.5 Å². The molecule has 3 amide bonds. The zero-order valence-corrected chi connectivity index (χ0v) is 12.6. The molecule has 0 aromatic heterocycles. The van der Waals surface area contributed by atoms with Crippen LogP contribution in [0.4, 0.5) is 4.79 Å². The molecule has 8 heteroatoms. The first-order valence-electron chi connectivity index (χ1n) is 6.99. The molecule has 4 N–H and O–H groups in total. The van der Waals surface area contributed by atoms with E-state index in [1.165, 1.54) is 0 Å². The van der Waals surface area contributed by atoms with E-state index in [4.69, 9.17) is 10.8 Å². The molecule has 120 valence electrons. The maximum absolute atomic E-state index is 12.1. The van der Waals surface area contributed by atoms with Crippen molar-refractivity contribution >= 4 is 17.9 Å². The van der Waals surface area contributed by atoms with Crippen LogP contribution in [0.5, 0.6) is 0 Å². The van der Waals surface area contributed by atoms with Gasteiger partial charge in [0, 0.05) is 32.7 Å². The number of nitrogens with one attached hydrogen (secondary N) is 1. The Hall–Kier alpha value is -1.83. The summed E-state index contributed by atoms with van der Waals surface area (Å²) < 4.78 is 0. The minimum atomic E-state index is -0.865. The van der Waals surface area contributed by atoms with Crippen molar-refractivity contribution in [1.29, 1.82) is 0 Å². The van der Waals surface area contributed by atoms with E-state index in [9.17, 15) is 14.4 Å². The van der Waals surface area contributed by atoms with Gasteiger partial charge in [0.15, 0.2) is 0 Å². The summed E-state index contributed by atoms with van der Waals surface area (Å²) in [6.45, 7) is 5.73. The summed E-state index contributed by atoms with van der Waals surface area (Å²) in [6, 6.07) is -0.249. The average molecular weight is 300 g/mol. The molecule has 0 unspecified atom stereocenters. The molecule has 0 radical (unpaired) electrons. The second kappa shape index (κ2) is 7.26. The predicted molar refractivity (Wildman–Crippen MR) is 76.6 cm³/mol. The van der Waals surface area contributed by atoms with E-state index in [0.29, 0.717) is 26.2 Å². The van der Waals surface area contributed by atoms with Crippen LogP contribution in [0.2, 0.25) is 0 Å². The minimum absolute atomic E-state index is 0.00976. The topological polar surface area (TPSA) is 116 Å². The van der Waals surface area contributed by atoms with Crippen LogP contribution in [0.15, 0.2) is 0 Å². The van der Waals surface area contributed by atoms with Crippen molar-refractivity contribution in [2.24, 2.45) is 11.1 Å². The standard InChI is InChI=1S/C13H24N4O4/c1-13(2,11(14)20)9-15-12(21)17-5-3-4-16(6-7-17)8-10(18)19/h3-9H2,1-2H3,(H2,14,20)(H,15,21)(H,18,19). The predicted octanol–water partition coefficient (Wildman–Crippen LogP) is -0.700. The van der Waals surface area contributed by atoms with E-state index < -0.39 is 17.3 Å². The van der Waals surface area contributed by atoms with Gasteiger partial charge in [-0.25, -0.2) is 4.79 Å². The molecule has 8 nitrogen and oxygen atoms in total. The molecule has 21 heavy (non-hydrogen) atoms. The molecule has 1 saturated heterocycles. The van der Waals surface area contributed by atoms with Gasteiger partial charge in [-0.15, -0.1) is 0 Å². The third kappa shape index (κ3) is 5.58. The zero-order valence-electron chi connectivity index (χ0n) is 12.6. The molecule has 0 atom stereocenters. The van der Waals surface area contributed by atoms with E-state index in [1.54, 1.807) is 18.7 Å². The Morgan fingerprint density at radius 1 is 1.19 bits per heavy atom. The highest BCUT2D eigenvalue weighted by Crippen LogP contribution is 2.12. The zero-order chi connectivity index (χ0) is 16.0. The maximum Gasteiger partial charge on any atom is 0.317 e. The summed E-state index contributed by atoms with van der Waals surface area (Å²) in [5, 5.41) is 11.5. The maximum atomic E-state index is 12.1. The summed E-state index contributed by atoms with van der Waals surface area (Å²) in [4.78, 5) is 37.4. The van der Waals surface area contributed by atoms with Crippen molar-refractivity contribution in [1.82, 2.24) is 15.1 Å². The SMILES string of the molecule is CC(C)(CNC(=O)N1CCCN(CC(=O)O)CC1)C(N)=O. The molecule has 0 aliphatic carbocycles. The summed E-state index contributed by atoms with van der Waals surface area (Å²) in [5.74, 6) is -1.33. The summed E-state index contributed by atoms with van der Waals surface area (Å²) in [7, 11) is 0. The van der Waals surface area contributed by atoms with Crippen LogP contribution in [-0.4, -0.2) is 72.1 Å². The van der Waals surface area contributed by atoms with Gasteiger partial charge in [0.25, 0.3) is 0 Å². The Labute approximate surface area is 124 Å². The van der Waals surface area contributed by atoms with Crippen LogP contribution in [0.3, 0.4) is 0 Å². The molecule has 0 aromatic carbocycles. The molecule has 0 spiro atoms. The first kappa shape index (κ1) is 17.2. The van der Waals surface area contributed by atoms with Gasteiger partial charge in [0.2, 0.25) is 5.91 Å². The molecular formula is C13H24N4O4. The number of hydrogen-bond donors (Lipinski definition) is 3. The molecule has 0 saturated carbocycles. The number of carbonyl (C=O) groups is 3. The van der Waals surface area contributed by atoms with Crippen LogP contribution in [0.1, 0.15) is 20.3 Å². The monoisotopic (exact) mass is 300 g/mol. The number of rotatable bonds is 5. The molecule has 1 aliphatic rings. The first-order chi connectivity index (χ1) is 9.72. The van der Waals surface area contributed by atoms with Gasteiger partial charge in [0.1, 0.15) is 0 Å². The fraction of sp³-hybridized carbons (Fsp3) is 0.769. The van der Waals surface area contributed by atoms with E-state index in [1.807, 2.05) is 4.90 Å². The smallest absolute Gasteiger partial charge is 0.317 e. The van der Waals surface area contributed by atoms with E-state index in [0.717, 1.165) is 6.42 Å². The van der Waals surface area contributed by atoms with Crippen LogP contribution in [0.25, 0.3) is 0 Å². The third-order valence-corrected chi connectivity index (χ3v) is 3.58. The Bertz CT molecular complexity index is 411. The Morgan fingerprint density at radius 2 is 1.86 bits per heavy atom. The van der Waals surface area contributed by atoms with Gasteiger partial charge in [0.05, 0.1) is 12.0 Å². The van der Waals surface area contributed by atoms with Crippen molar-refractivity contribution in [3.63, 3.8) is 0 Å². The number of carbonyl (C=O) groups excluding carboxylic acids is 2. The third-order valence-electron chi connectivity index (χ3n) is 3.58. The van der Waals surface area contributed by atoms with E-state index in [-0.39, 0.29) is 19.1 Å². The lowest BCUT2D eigenvalue weighted by molar-refractivity contribution is -0.138. The Balaban J connectivity index is 2.45. The molecule has 1 rings (SSSR count). The number of hydrogen-bond acceptors (Lipinski definition) is 4. The fourth-order valence-electron chi connectivity index (χ4n) is 2.02. The highest BCUT2D eigenvalue weighted by Gasteiger charge is 2.27. The summed E-state index contributed by atoms with van der Waals surface area (Å²) in [5.41, 5.74) is 4.46. The normalized spacial score (nSPS) is 17.1. The van der Waals surface area contributed by atoms with Crippen LogP contribution < -0.4 is 11.1 Å². The van der Waals surface area contributed by atoms with Gasteiger partial charge in [-0.1, -0.05) is 0 Å². The number of carboxylic acid groups (broad SMARTS) is 1. The van der Waals surface area contributed by atoms with Crippen molar-refractivity contribution < 1.29 is 19.5 Å². The first-order valence-corrected chi connectivity index (χ1v) is 6.99. The second-order valence-corrected chi connectivity index (χ2v) is 5.92. The second-order valence-electron chi connectivity index (χ2n) is 5.92. The average Bonchev–Trinajstić information content (AvgIpc) is 2.61. The lowest BCUT2D eigenvalue weighted by Gasteiger charge is -2.25. The van der Waals surface area contributed by atoms with Crippen molar-refractivity contribution in [3.05, 3.63) is 0 Å². The number of amides is 3. The number of urea groups is 1. The van der Waals surface area contributed by atoms with E-state index >= 15 is 0 Å². The number of primary amides is 1. The van der Waals surface area contributed by atoms with Crippen LogP contribution in [-0.2, 0) is 9.59 Å². The lowest BCUT2D eigenvalue weighted by Crippen LogP contribution is -2.48. The summed E-state index contributed by atoms with van der Waals surface area (Å²) in [6.07, 6.45) is 0.722. The van der Waals surface area contributed by atoms with Gasteiger partial charge >= 0.3 is 12.0 Å². The van der Waals surface area contributed by atoms with Crippen LogP contribution in [0, 0.1) is 5.41 Å². The van der Waals surface area contributed by atoms with Crippen molar-refractivity contribution in [3.8, 4) is 0 Å². The molecule has 0 aromatic rings. The Kier molecular flexibility index (Phi) is 5.95. The van der Waals surface area contributed by atoms with Crippen molar-refractivity contribution in [2.75, 3.05) is 39.3 Å². The molecule has 1 aliphatic heterocycles. The largest absolute Gasteiger partial charge is 0.480 e. The highest BCUT2D eigenvalue weighted by atomic mass is 16.4. The number of nitrogens with zero attached hydrogens (tertiary/aromatic N) is 2. The number of carboxylic acids is 1. The van der Waals surface area contributed by atoms with Gasteiger partial charge < -0.3 is 21.1 Å². The minimum Gasteiger partial charge on any atom is -0.480 e. The highest BCUT2D eigenvalue weighted by molar-refractivity contribution is 5.81. The van der Waals surface area contributed by atoms with Gasteiger partial charge in [-0.2, -0.15) is 0 Å². The fourth-order valence-corrected chi connectivity index (χ4v) is 2.02. The number of nitrogens with two attached hydrogens (primary N) is 1. The molecule has 1 fully saturated rings. The number of aliphatic carboxylic acids is 1. The van der Waals surface area contributed by atoms with Crippen molar-refractivity contribution in [2.45, 2.75) is 20.3 Å². The molecular weight excluding hydrogens is 276 g/mol.